The first-order chi connectivity index (χ1) is 7.95. The van der Waals surface area contributed by atoms with Crippen LogP contribution in [0, 0.1) is 15.9 Å². The molecule has 0 spiro atoms. The molecule has 0 saturated heterocycles. The average Bonchev–Trinajstić information content (AvgIpc) is 2.23. The molecule has 0 bridgehead atoms. The maximum Gasteiger partial charge on any atom is 0.310 e. The van der Waals surface area contributed by atoms with Crippen LogP contribution in [0.3, 0.4) is 0 Å². The van der Waals surface area contributed by atoms with Gasteiger partial charge in [-0.15, -0.1) is 0 Å². The number of carbonyl (C=O) groups is 1. The molecule has 0 fully saturated rings. The number of esters is 1. The average molecular weight is 306 g/mol. The number of nitro groups is 1. The first-order valence-corrected chi connectivity index (χ1v) is 5.53. The highest BCUT2D eigenvalue weighted by molar-refractivity contribution is 9.10. The monoisotopic (exact) mass is 305 g/mol. The molecule has 0 aromatic heterocycles. The SMILES string of the molecule is CCOC(=O)Cc1cc(F)c(Br)c([N+](=O)[O-])c1. The van der Waals surface area contributed by atoms with E-state index < -0.39 is 22.4 Å². The van der Waals surface area contributed by atoms with Crippen molar-refractivity contribution in [3.63, 3.8) is 0 Å². The van der Waals surface area contributed by atoms with Gasteiger partial charge in [0.1, 0.15) is 10.3 Å². The van der Waals surface area contributed by atoms with E-state index in [2.05, 4.69) is 20.7 Å². The number of hydrogen-bond acceptors (Lipinski definition) is 4. The lowest BCUT2D eigenvalue weighted by Gasteiger charge is -2.04. The van der Waals surface area contributed by atoms with Gasteiger partial charge in [-0.25, -0.2) is 4.39 Å². The Balaban J connectivity index is 3.02. The molecule has 17 heavy (non-hydrogen) atoms. The van der Waals surface area contributed by atoms with E-state index in [1.54, 1.807) is 6.92 Å². The van der Waals surface area contributed by atoms with E-state index in [1.807, 2.05) is 0 Å². The minimum Gasteiger partial charge on any atom is -0.466 e. The van der Waals surface area contributed by atoms with Gasteiger partial charge in [0.25, 0.3) is 5.69 Å². The fraction of sp³-hybridized carbons (Fsp3) is 0.300. The van der Waals surface area contributed by atoms with E-state index in [1.165, 1.54) is 0 Å². The predicted molar refractivity (Wildman–Crippen MR) is 61.1 cm³/mol. The first-order valence-electron chi connectivity index (χ1n) is 4.73. The molecular formula is C10H9BrFNO4. The number of halogens is 2. The zero-order valence-corrected chi connectivity index (χ0v) is 10.5. The van der Waals surface area contributed by atoms with Gasteiger partial charge in [0.2, 0.25) is 0 Å². The van der Waals surface area contributed by atoms with Gasteiger partial charge in [0, 0.05) is 6.07 Å². The van der Waals surface area contributed by atoms with Crippen LogP contribution >= 0.6 is 15.9 Å². The lowest BCUT2D eigenvalue weighted by molar-refractivity contribution is -0.385. The van der Waals surface area contributed by atoms with Gasteiger partial charge in [-0.1, -0.05) is 0 Å². The quantitative estimate of drug-likeness (QED) is 0.487. The van der Waals surface area contributed by atoms with Gasteiger partial charge < -0.3 is 4.74 Å². The Bertz CT molecular complexity index is 464. The maximum atomic E-state index is 13.3. The van der Waals surface area contributed by atoms with E-state index in [4.69, 9.17) is 0 Å². The Morgan fingerprint density at radius 2 is 2.24 bits per heavy atom. The van der Waals surface area contributed by atoms with Gasteiger partial charge in [-0.05, 0) is 34.5 Å². The van der Waals surface area contributed by atoms with Crippen LogP contribution in [0.15, 0.2) is 16.6 Å². The minimum absolute atomic E-state index is 0.196. The van der Waals surface area contributed by atoms with E-state index in [0.29, 0.717) is 0 Å². The van der Waals surface area contributed by atoms with Gasteiger partial charge in [-0.3, -0.25) is 14.9 Å². The van der Waals surface area contributed by atoms with Crippen molar-refractivity contribution in [1.29, 1.82) is 0 Å². The molecule has 0 N–H and O–H groups in total. The molecule has 0 radical (unpaired) electrons. The first kappa shape index (κ1) is 13.6. The number of ether oxygens (including phenoxy) is 1. The van der Waals surface area contributed by atoms with Gasteiger partial charge in [0.15, 0.2) is 0 Å². The summed E-state index contributed by atoms with van der Waals surface area (Å²) in [5.74, 6) is -1.33. The van der Waals surface area contributed by atoms with Crippen LogP contribution in [0.4, 0.5) is 10.1 Å². The zero-order chi connectivity index (χ0) is 13.0. The Morgan fingerprint density at radius 3 is 2.76 bits per heavy atom. The Labute approximate surface area is 105 Å². The van der Waals surface area contributed by atoms with Crippen molar-refractivity contribution in [3.8, 4) is 0 Å². The zero-order valence-electron chi connectivity index (χ0n) is 8.91. The molecule has 0 unspecified atom stereocenters. The predicted octanol–water partition coefficient (Wildman–Crippen LogP) is 2.60. The summed E-state index contributed by atoms with van der Waals surface area (Å²) >= 11 is 2.78. The van der Waals surface area contributed by atoms with Crippen LogP contribution in [-0.2, 0) is 16.0 Å². The third-order valence-electron chi connectivity index (χ3n) is 1.92. The normalized spacial score (nSPS) is 10.1. The van der Waals surface area contributed by atoms with Crippen LogP contribution in [0.25, 0.3) is 0 Å². The van der Waals surface area contributed by atoms with Crippen molar-refractivity contribution in [2.24, 2.45) is 0 Å². The highest BCUT2D eigenvalue weighted by Gasteiger charge is 2.19. The van der Waals surface area contributed by atoms with Gasteiger partial charge in [-0.2, -0.15) is 0 Å². The number of benzene rings is 1. The third kappa shape index (κ3) is 3.48. The molecule has 0 atom stereocenters. The number of hydrogen-bond donors (Lipinski definition) is 0. The van der Waals surface area contributed by atoms with Crippen molar-refractivity contribution in [2.75, 3.05) is 6.61 Å². The van der Waals surface area contributed by atoms with Crippen molar-refractivity contribution in [3.05, 3.63) is 38.1 Å². The minimum atomic E-state index is -0.779. The molecule has 0 aliphatic heterocycles. The van der Waals surface area contributed by atoms with Crippen molar-refractivity contribution in [2.45, 2.75) is 13.3 Å². The molecule has 1 rings (SSSR count). The standard InChI is InChI=1S/C10H9BrFNO4/c1-2-17-9(14)5-6-3-7(12)10(11)8(4-6)13(15)16/h3-4H,2,5H2,1H3. The van der Waals surface area contributed by atoms with Crippen LogP contribution in [-0.4, -0.2) is 17.5 Å². The molecule has 0 aliphatic carbocycles. The molecule has 5 nitrogen and oxygen atoms in total. The summed E-state index contributed by atoms with van der Waals surface area (Å²) in [7, 11) is 0. The van der Waals surface area contributed by atoms with E-state index in [9.17, 15) is 19.3 Å². The largest absolute Gasteiger partial charge is 0.466 e. The molecule has 0 aliphatic rings. The highest BCUT2D eigenvalue weighted by atomic mass is 79.9. The molecule has 1 aromatic rings. The Kier molecular flexibility index (Phi) is 4.56. The second kappa shape index (κ2) is 5.72. The van der Waals surface area contributed by atoms with Crippen LogP contribution < -0.4 is 0 Å². The summed E-state index contributed by atoms with van der Waals surface area (Å²) in [6, 6.07) is 2.21. The van der Waals surface area contributed by atoms with Crippen molar-refractivity contribution >= 4 is 27.6 Å². The Morgan fingerprint density at radius 1 is 1.59 bits per heavy atom. The smallest absolute Gasteiger partial charge is 0.310 e. The third-order valence-corrected chi connectivity index (χ3v) is 2.70. The molecular weight excluding hydrogens is 297 g/mol. The second-order valence-corrected chi connectivity index (χ2v) is 3.94. The number of carbonyl (C=O) groups excluding carboxylic acids is 1. The van der Waals surface area contributed by atoms with Gasteiger partial charge in [0.05, 0.1) is 18.0 Å². The summed E-state index contributed by atoms with van der Waals surface area (Å²) in [5, 5.41) is 10.6. The molecule has 0 heterocycles. The lowest BCUT2D eigenvalue weighted by atomic mass is 10.1. The summed E-state index contributed by atoms with van der Waals surface area (Å²) in [4.78, 5) is 21.1. The molecule has 0 amide bonds. The van der Waals surface area contributed by atoms with Crippen LogP contribution in [0.5, 0.6) is 0 Å². The molecule has 1 aromatic carbocycles. The van der Waals surface area contributed by atoms with E-state index in [0.717, 1.165) is 12.1 Å². The molecule has 7 heteroatoms. The fourth-order valence-electron chi connectivity index (χ4n) is 1.24. The van der Waals surface area contributed by atoms with Crippen LogP contribution in [0.2, 0.25) is 0 Å². The van der Waals surface area contributed by atoms with E-state index >= 15 is 0 Å². The molecule has 92 valence electrons. The second-order valence-electron chi connectivity index (χ2n) is 3.15. The van der Waals surface area contributed by atoms with E-state index in [-0.39, 0.29) is 23.1 Å². The van der Waals surface area contributed by atoms with Gasteiger partial charge >= 0.3 is 5.97 Å². The number of nitrogens with zero attached hydrogens (tertiary/aromatic N) is 1. The summed E-state index contributed by atoms with van der Waals surface area (Å²) < 4.78 is 17.8. The lowest BCUT2D eigenvalue weighted by Crippen LogP contribution is -2.08. The van der Waals surface area contributed by atoms with Crippen LogP contribution in [0.1, 0.15) is 12.5 Å². The van der Waals surface area contributed by atoms with Crippen molar-refractivity contribution < 1.29 is 18.8 Å². The highest BCUT2D eigenvalue weighted by Crippen LogP contribution is 2.29. The summed E-state index contributed by atoms with van der Waals surface area (Å²) in [5.41, 5.74) is -0.208. The number of rotatable bonds is 4. The van der Waals surface area contributed by atoms with Crippen molar-refractivity contribution in [1.82, 2.24) is 0 Å². The topological polar surface area (TPSA) is 69.4 Å². The number of nitro benzene ring substituents is 1. The summed E-state index contributed by atoms with van der Waals surface area (Å²) in [6.07, 6.45) is -0.196. The Hall–Kier alpha value is -1.50. The fourth-order valence-corrected chi connectivity index (χ4v) is 1.62. The summed E-state index contributed by atoms with van der Waals surface area (Å²) in [6.45, 7) is 1.85. The molecule has 0 saturated carbocycles. The maximum absolute atomic E-state index is 13.3.